The van der Waals surface area contributed by atoms with Crippen LogP contribution in [0.3, 0.4) is 0 Å². The van der Waals surface area contributed by atoms with Gasteiger partial charge in [-0.1, -0.05) is 37.6 Å². The minimum Gasteiger partial charge on any atom is -0.497 e. The Morgan fingerprint density at radius 3 is 2.39 bits per heavy atom. The van der Waals surface area contributed by atoms with Gasteiger partial charge in [0.25, 0.3) is 0 Å². The standard InChI is InChI=1S/C20H21ClOS/c1-4-15(2)23-20(17-8-12-19(22-3)13-9-17)14-7-16-5-10-18(21)11-6-16/h5-13,15H,4H2,1-3H3. The molecule has 0 N–H and O–H groups in total. The lowest BCUT2D eigenvalue weighted by atomic mass is 10.2. The molecule has 1 nitrogen and oxygen atoms in total. The lowest BCUT2D eigenvalue weighted by molar-refractivity contribution is 0.415. The van der Waals surface area contributed by atoms with Crippen LogP contribution in [0.2, 0.25) is 5.02 Å². The Bertz CT molecular complexity index is 683. The maximum atomic E-state index is 5.93. The molecule has 2 rings (SSSR count). The van der Waals surface area contributed by atoms with Crippen molar-refractivity contribution in [3.63, 3.8) is 0 Å². The first-order chi connectivity index (χ1) is 11.1. The molecule has 3 heteroatoms. The summed E-state index contributed by atoms with van der Waals surface area (Å²) in [7, 11) is 1.68. The van der Waals surface area contributed by atoms with Gasteiger partial charge in [0.2, 0.25) is 0 Å². The third kappa shape index (κ3) is 5.51. The first-order valence-electron chi connectivity index (χ1n) is 7.65. The molecule has 0 saturated heterocycles. The zero-order chi connectivity index (χ0) is 16.7. The zero-order valence-corrected chi connectivity index (χ0v) is 15.2. The molecule has 0 saturated carbocycles. The quantitative estimate of drug-likeness (QED) is 0.550. The molecule has 120 valence electrons. The second kappa shape index (κ2) is 8.88. The summed E-state index contributed by atoms with van der Waals surface area (Å²) in [5.74, 6) is 0.864. The molecule has 2 aromatic rings. The minimum atomic E-state index is 0.540. The van der Waals surface area contributed by atoms with Gasteiger partial charge >= 0.3 is 0 Å². The van der Waals surface area contributed by atoms with Crippen LogP contribution in [0, 0.1) is 0 Å². The second-order valence-electron chi connectivity index (χ2n) is 5.23. The molecule has 0 heterocycles. The maximum Gasteiger partial charge on any atom is 0.118 e. The maximum absolute atomic E-state index is 5.93. The fraction of sp³-hybridized carbons (Fsp3) is 0.250. The fourth-order valence-corrected chi connectivity index (χ4v) is 3.01. The highest BCUT2D eigenvalue weighted by Gasteiger charge is 2.07. The van der Waals surface area contributed by atoms with E-state index in [0.29, 0.717) is 5.25 Å². The third-order valence-corrected chi connectivity index (χ3v) is 5.06. The first kappa shape index (κ1) is 17.7. The van der Waals surface area contributed by atoms with Crippen molar-refractivity contribution in [1.29, 1.82) is 0 Å². The van der Waals surface area contributed by atoms with E-state index >= 15 is 0 Å². The van der Waals surface area contributed by atoms with Gasteiger partial charge in [-0.15, -0.1) is 17.5 Å². The van der Waals surface area contributed by atoms with E-state index in [-0.39, 0.29) is 0 Å². The summed E-state index contributed by atoms with van der Waals surface area (Å²) in [4.78, 5) is 1.14. The van der Waals surface area contributed by atoms with Crippen molar-refractivity contribution in [3.8, 4) is 5.75 Å². The molecule has 0 spiro atoms. The smallest absolute Gasteiger partial charge is 0.118 e. The number of methoxy groups -OCH3 is 1. The molecule has 0 fully saturated rings. The Kier molecular flexibility index (Phi) is 6.85. The Hall–Kier alpha value is -1.60. The van der Waals surface area contributed by atoms with Crippen LogP contribution >= 0.6 is 23.4 Å². The summed E-state index contributed by atoms with van der Waals surface area (Å²) in [5, 5.41) is 1.29. The molecule has 0 amide bonds. The van der Waals surface area contributed by atoms with Crippen molar-refractivity contribution in [2.75, 3.05) is 7.11 Å². The Balaban J connectivity index is 2.35. The first-order valence-corrected chi connectivity index (χ1v) is 8.91. The van der Waals surface area contributed by atoms with Gasteiger partial charge in [0, 0.05) is 10.3 Å². The van der Waals surface area contributed by atoms with Crippen LogP contribution in [0.4, 0.5) is 0 Å². The summed E-state index contributed by atoms with van der Waals surface area (Å²) in [5.41, 5.74) is 5.69. The van der Waals surface area contributed by atoms with Crippen LogP contribution in [0.25, 0.3) is 11.0 Å². The number of benzene rings is 2. The number of rotatable bonds is 6. The summed E-state index contributed by atoms with van der Waals surface area (Å²) in [6, 6.07) is 15.9. The molecule has 1 atom stereocenters. The molecular formula is C20H21ClOS. The molecule has 0 aliphatic heterocycles. The van der Waals surface area contributed by atoms with Gasteiger partial charge in [-0.05, 0) is 60.0 Å². The number of halogens is 1. The summed E-state index contributed by atoms with van der Waals surface area (Å²) >= 11 is 7.77. The number of hydrogen-bond donors (Lipinski definition) is 0. The Morgan fingerprint density at radius 1 is 1.17 bits per heavy atom. The summed E-state index contributed by atoms with van der Waals surface area (Å²) < 4.78 is 5.23. The minimum absolute atomic E-state index is 0.540. The van der Waals surface area contributed by atoms with Gasteiger partial charge in [0.05, 0.1) is 12.0 Å². The topological polar surface area (TPSA) is 9.23 Å². The normalized spacial score (nSPS) is 11.5. The highest BCUT2D eigenvalue weighted by Crippen LogP contribution is 2.32. The van der Waals surface area contributed by atoms with Crippen molar-refractivity contribution in [3.05, 3.63) is 70.4 Å². The third-order valence-electron chi connectivity index (χ3n) is 3.49. The second-order valence-corrected chi connectivity index (χ2v) is 7.12. The highest BCUT2D eigenvalue weighted by atomic mass is 35.5. The number of ether oxygens (including phenoxy) is 1. The van der Waals surface area contributed by atoms with Crippen LogP contribution in [-0.4, -0.2) is 12.4 Å². The van der Waals surface area contributed by atoms with E-state index in [9.17, 15) is 0 Å². The van der Waals surface area contributed by atoms with Crippen molar-refractivity contribution in [2.45, 2.75) is 25.5 Å². The van der Waals surface area contributed by atoms with E-state index in [4.69, 9.17) is 16.3 Å². The Morgan fingerprint density at radius 2 is 1.83 bits per heavy atom. The van der Waals surface area contributed by atoms with E-state index in [1.54, 1.807) is 7.11 Å². The fourth-order valence-electron chi connectivity index (χ4n) is 1.92. The van der Waals surface area contributed by atoms with Gasteiger partial charge < -0.3 is 4.74 Å². The van der Waals surface area contributed by atoms with Crippen LogP contribution < -0.4 is 4.74 Å². The van der Waals surface area contributed by atoms with Crippen molar-refractivity contribution < 1.29 is 4.74 Å². The zero-order valence-electron chi connectivity index (χ0n) is 13.7. The predicted octanol–water partition coefficient (Wildman–Crippen LogP) is 6.53. The number of thioether (sulfide) groups is 1. The molecule has 0 radical (unpaired) electrons. The molecule has 1 unspecified atom stereocenters. The van der Waals surface area contributed by atoms with Crippen LogP contribution in [0.1, 0.15) is 31.4 Å². The number of hydrogen-bond acceptors (Lipinski definition) is 2. The molecule has 0 bridgehead atoms. The molecule has 0 aromatic heterocycles. The van der Waals surface area contributed by atoms with Crippen molar-refractivity contribution in [2.24, 2.45) is 0 Å². The van der Waals surface area contributed by atoms with Gasteiger partial charge in [0.15, 0.2) is 0 Å². The average Bonchev–Trinajstić information content (AvgIpc) is 2.60. The SMILES string of the molecule is CCC(C)SC(=C=Cc1ccc(Cl)cc1)c1ccc(OC)cc1. The molecule has 23 heavy (non-hydrogen) atoms. The summed E-state index contributed by atoms with van der Waals surface area (Å²) in [6.07, 6.45) is 3.12. The lowest BCUT2D eigenvalue weighted by Gasteiger charge is -2.11. The summed E-state index contributed by atoms with van der Waals surface area (Å²) in [6.45, 7) is 4.43. The van der Waals surface area contributed by atoms with E-state index < -0.39 is 0 Å². The van der Waals surface area contributed by atoms with Gasteiger partial charge in [-0.25, -0.2) is 0 Å². The van der Waals surface area contributed by atoms with E-state index in [1.807, 2.05) is 54.2 Å². The largest absolute Gasteiger partial charge is 0.497 e. The van der Waals surface area contributed by atoms with Crippen LogP contribution in [0.15, 0.2) is 54.3 Å². The average molecular weight is 345 g/mol. The van der Waals surface area contributed by atoms with Gasteiger partial charge in [-0.2, -0.15) is 0 Å². The molecular weight excluding hydrogens is 324 g/mol. The molecule has 0 aliphatic rings. The van der Waals surface area contributed by atoms with Gasteiger partial charge in [0.1, 0.15) is 5.75 Å². The van der Waals surface area contributed by atoms with Crippen LogP contribution in [0.5, 0.6) is 5.75 Å². The lowest BCUT2D eigenvalue weighted by Crippen LogP contribution is -1.93. The van der Waals surface area contributed by atoms with E-state index in [1.165, 1.54) is 0 Å². The van der Waals surface area contributed by atoms with E-state index in [2.05, 4.69) is 31.7 Å². The molecule has 2 aromatic carbocycles. The monoisotopic (exact) mass is 344 g/mol. The van der Waals surface area contributed by atoms with Crippen molar-refractivity contribution in [1.82, 2.24) is 0 Å². The van der Waals surface area contributed by atoms with Crippen LogP contribution in [-0.2, 0) is 0 Å². The Labute approximate surface area is 148 Å². The molecule has 0 aliphatic carbocycles. The van der Waals surface area contributed by atoms with E-state index in [0.717, 1.165) is 33.2 Å². The van der Waals surface area contributed by atoms with Crippen molar-refractivity contribution >= 4 is 34.3 Å². The highest BCUT2D eigenvalue weighted by molar-refractivity contribution is 8.08. The predicted molar refractivity (Wildman–Crippen MR) is 103 cm³/mol. The van der Waals surface area contributed by atoms with Gasteiger partial charge in [-0.3, -0.25) is 0 Å².